The molecular formula is C21H20ClN5O6. The van der Waals surface area contributed by atoms with Crippen molar-refractivity contribution in [1.82, 2.24) is 19.1 Å². The standard InChI is InChI=1S/C21H20ClN5O6/c1-3-21(11-32-20(30)31-10-12-5-4-7-26(2)18(12)29)14(28)9-15(33-21)27-8-6-13-16(23)24-19(22)25-17(13)27/h1,4-8,14-15,28H,9-11H2,2H3,(H2,23,24,25)/t14-,15+,21+/m0/s1. The smallest absolute Gasteiger partial charge is 0.430 e. The van der Waals surface area contributed by atoms with Gasteiger partial charge in [0, 0.05) is 25.9 Å². The van der Waals surface area contributed by atoms with Gasteiger partial charge in [-0.15, -0.1) is 6.42 Å². The molecule has 1 aliphatic heterocycles. The van der Waals surface area contributed by atoms with Crippen LogP contribution in [0.25, 0.3) is 11.0 Å². The van der Waals surface area contributed by atoms with Crippen LogP contribution in [0.15, 0.2) is 35.4 Å². The third-order valence-corrected chi connectivity index (χ3v) is 5.56. The van der Waals surface area contributed by atoms with Crippen molar-refractivity contribution in [3.05, 3.63) is 51.8 Å². The normalized spacial score (nSPS) is 22.2. The predicted octanol–water partition coefficient (Wildman–Crippen LogP) is 1.37. The molecular weight excluding hydrogens is 454 g/mol. The first-order chi connectivity index (χ1) is 15.7. The van der Waals surface area contributed by atoms with Gasteiger partial charge in [-0.1, -0.05) is 5.92 Å². The first-order valence-corrected chi connectivity index (χ1v) is 10.2. The van der Waals surface area contributed by atoms with Crippen molar-refractivity contribution >= 4 is 34.6 Å². The molecule has 4 rings (SSSR count). The highest BCUT2D eigenvalue weighted by Gasteiger charge is 2.49. The average molecular weight is 474 g/mol. The van der Waals surface area contributed by atoms with Crippen molar-refractivity contribution in [2.75, 3.05) is 12.3 Å². The highest BCUT2D eigenvalue weighted by molar-refractivity contribution is 6.28. The number of rotatable bonds is 5. The maximum atomic E-state index is 12.1. The fourth-order valence-electron chi connectivity index (χ4n) is 3.59. The number of carbonyl (C=O) groups is 1. The zero-order chi connectivity index (χ0) is 23.8. The molecule has 4 heterocycles. The number of pyridine rings is 1. The zero-order valence-electron chi connectivity index (χ0n) is 17.5. The molecule has 0 spiro atoms. The Balaban J connectivity index is 1.44. The summed E-state index contributed by atoms with van der Waals surface area (Å²) in [6.07, 6.45) is 6.02. The van der Waals surface area contributed by atoms with Gasteiger partial charge in [0.05, 0.1) is 10.9 Å². The summed E-state index contributed by atoms with van der Waals surface area (Å²) in [6.45, 7) is -0.747. The van der Waals surface area contributed by atoms with Crippen molar-refractivity contribution in [2.45, 2.75) is 31.0 Å². The van der Waals surface area contributed by atoms with Gasteiger partial charge in [0.1, 0.15) is 37.0 Å². The lowest BCUT2D eigenvalue weighted by Crippen LogP contribution is -2.43. The number of hydrogen-bond donors (Lipinski definition) is 2. The van der Waals surface area contributed by atoms with Crippen LogP contribution in [0.1, 0.15) is 18.2 Å². The maximum absolute atomic E-state index is 12.1. The minimum atomic E-state index is -1.62. The lowest BCUT2D eigenvalue weighted by atomic mass is 9.99. The highest BCUT2D eigenvalue weighted by Crippen LogP contribution is 2.39. The number of ether oxygens (including phenoxy) is 3. The molecule has 0 bridgehead atoms. The summed E-state index contributed by atoms with van der Waals surface area (Å²) in [5.74, 6) is 2.58. The molecule has 12 heteroatoms. The van der Waals surface area contributed by atoms with Crippen LogP contribution in [-0.2, 0) is 27.9 Å². The number of carbonyl (C=O) groups excluding carboxylic acids is 1. The summed E-state index contributed by atoms with van der Waals surface area (Å²) in [5.41, 5.74) is 4.64. The van der Waals surface area contributed by atoms with Crippen molar-refractivity contribution in [2.24, 2.45) is 7.05 Å². The zero-order valence-corrected chi connectivity index (χ0v) is 18.2. The van der Waals surface area contributed by atoms with Crippen LogP contribution < -0.4 is 11.3 Å². The Kier molecular flexibility index (Phi) is 5.99. The van der Waals surface area contributed by atoms with Crippen LogP contribution in [0.3, 0.4) is 0 Å². The van der Waals surface area contributed by atoms with Crippen molar-refractivity contribution in [1.29, 1.82) is 0 Å². The largest absolute Gasteiger partial charge is 0.508 e. The third-order valence-electron chi connectivity index (χ3n) is 5.39. The molecule has 0 radical (unpaired) electrons. The van der Waals surface area contributed by atoms with Gasteiger partial charge in [-0.25, -0.2) is 9.78 Å². The average Bonchev–Trinajstić information content (AvgIpc) is 3.34. The predicted molar refractivity (Wildman–Crippen MR) is 117 cm³/mol. The second-order valence-electron chi connectivity index (χ2n) is 7.47. The van der Waals surface area contributed by atoms with E-state index in [-0.39, 0.29) is 35.3 Å². The van der Waals surface area contributed by atoms with E-state index in [9.17, 15) is 14.7 Å². The summed E-state index contributed by atoms with van der Waals surface area (Å²) in [6, 6.07) is 4.88. The van der Waals surface area contributed by atoms with Gasteiger partial charge in [-0.2, -0.15) is 4.98 Å². The minimum Gasteiger partial charge on any atom is -0.430 e. The van der Waals surface area contributed by atoms with E-state index < -0.39 is 30.7 Å². The molecule has 0 saturated carbocycles. The molecule has 1 saturated heterocycles. The number of halogens is 1. The van der Waals surface area contributed by atoms with Gasteiger partial charge in [-0.3, -0.25) is 4.79 Å². The van der Waals surface area contributed by atoms with Gasteiger partial charge < -0.3 is 34.2 Å². The number of aryl methyl sites for hydroxylation is 1. The number of hydrogen-bond acceptors (Lipinski definition) is 9. The molecule has 172 valence electrons. The number of nitrogens with zero attached hydrogens (tertiary/aromatic N) is 4. The SMILES string of the molecule is C#C[C@]1(COC(=O)OCc2cccn(C)c2=O)O[C@@H](n2ccc3c(N)nc(Cl)nc32)C[C@@H]1O. The maximum Gasteiger partial charge on any atom is 0.508 e. The van der Waals surface area contributed by atoms with E-state index in [1.807, 2.05) is 0 Å². The van der Waals surface area contributed by atoms with Crippen molar-refractivity contribution in [3.8, 4) is 12.3 Å². The lowest BCUT2D eigenvalue weighted by molar-refractivity contribution is -0.0983. The first-order valence-electron chi connectivity index (χ1n) is 9.81. The molecule has 0 amide bonds. The molecule has 0 aliphatic carbocycles. The minimum absolute atomic E-state index is 0.0407. The molecule has 3 N–H and O–H groups in total. The summed E-state index contributed by atoms with van der Waals surface area (Å²) >= 11 is 5.92. The number of fused-ring (bicyclic) bond motifs is 1. The number of terminal acetylenes is 1. The summed E-state index contributed by atoms with van der Waals surface area (Å²) in [5, 5.41) is 11.2. The number of nitrogen functional groups attached to an aromatic ring is 1. The Morgan fingerprint density at radius 1 is 1.42 bits per heavy atom. The molecule has 3 aromatic heterocycles. The van der Waals surface area contributed by atoms with Crippen LogP contribution in [0.2, 0.25) is 5.28 Å². The Hall–Kier alpha value is -3.59. The van der Waals surface area contributed by atoms with E-state index in [0.717, 1.165) is 0 Å². The number of nitrogens with two attached hydrogens (primary N) is 1. The lowest BCUT2D eigenvalue weighted by Gasteiger charge is -2.26. The van der Waals surface area contributed by atoms with Crippen molar-refractivity contribution in [3.63, 3.8) is 0 Å². The molecule has 0 aromatic carbocycles. The van der Waals surface area contributed by atoms with Crippen LogP contribution in [0, 0.1) is 12.3 Å². The molecule has 33 heavy (non-hydrogen) atoms. The molecule has 11 nitrogen and oxygen atoms in total. The van der Waals surface area contributed by atoms with Gasteiger partial charge >= 0.3 is 6.16 Å². The van der Waals surface area contributed by atoms with Crippen molar-refractivity contribution < 1.29 is 24.1 Å². The molecule has 3 atom stereocenters. The van der Waals surface area contributed by atoms with Crippen LogP contribution >= 0.6 is 11.6 Å². The van der Waals surface area contributed by atoms with Gasteiger partial charge in [-0.05, 0) is 29.8 Å². The number of anilines is 1. The van der Waals surface area contributed by atoms with Gasteiger partial charge in [0.15, 0.2) is 5.60 Å². The van der Waals surface area contributed by atoms with Crippen LogP contribution in [0.5, 0.6) is 0 Å². The summed E-state index contributed by atoms with van der Waals surface area (Å²) in [4.78, 5) is 32.2. The van der Waals surface area contributed by atoms with E-state index in [2.05, 4.69) is 15.9 Å². The number of aliphatic hydroxyl groups excluding tert-OH is 1. The highest BCUT2D eigenvalue weighted by atomic mass is 35.5. The topological polar surface area (TPSA) is 144 Å². The van der Waals surface area contributed by atoms with Crippen LogP contribution in [-0.4, -0.2) is 48.7 Å². The molecule has 3 aromatic rings. The van der Waals surface area contributed by atoms with E-state index in [4.69, 9.17) is 38.0 Å². The summed E-state index contributed by atoms with van der Waals surface area (Å²) in [7, 11) is 1.58. The Morgan fingerprint density at radius 2 is 2.21 bits per heavy atom. The van der Waals surface area contributed by atoms with Gasteiger partial charge in [0.25, 0.3) is 5.56 Å². The Labute approximate surface area is 192 Å². The van der Waals surface area contributed by atoms with E-state index in [1.165, 1.54) is 10.6 Å². The van der Waals surface area contributed by atoms with E-state index in [1.54, 1.807) is 36.1 Å². The number of aromatic nitrogens is 4. The second-order valence-corrected chi connectivity index (χ2v) is 7.81. The fraction of sp³-hybridized carbons (Fsp3) is 0.333. The first kappa shape index (κ1) is 22.6. The molecule has 1 fully saturated rings. The number of aliphatic hydroxyl groups is 1. The monoisotopic (exact) mass is 473 g/mol. The second kappa shape index (κ2) is 8.74. The molecule has 0 unspecified atom stereocenters. The fourth-order valence-corrected chi connectivity index (χ4v) is 3.76. The van der Waals surface area contributed by atoms with Crippen LogP contribution in [0.4, 0.5) is 10.6 Å². The quantitative estimate of drug-likeness (QED) is 0.319. The van der Waals surface area contributed by atoms with E-state index in [0.29, 0.717) is 11.0 Å². The Bertz CT molecular complexity index is 1310. The van der Waals surface area contributed by atoms with Gasteiger partial charge in [0.2, 0.25) is 5.28 Å². The third kappa shape index (κ3) is 4.23. The van der Waals surface area contributed by atoms with E-state index >= 15 is 0 Å². The Morgan fingerprint density at radius 3 is 2.97 bits per heavy atom. The summed E-state index contributed by atoms with van der Waals surface area (Å²) < 4.78 is 19.0. The molecule has 1 aliphatic rings.